The fourth-order valence-corrected chi connectivity index (χ4v) is 1.39. The Morgan fingerprint density at radius 3 is 2.57 bits per heavy atom. The lowest BCUT2D eigenvalue weighted by Gasteiger charge is -2.03. The van der Waals surface area contributed by atoms with Gasteiger partial charge in [-0.05, 0) is 27.5 Å². The number of halogens is 5. The molecule has 2 nitrogen and oxygen atoms in total. The predicted octanol–water partition coefficient (Wildman–Crippen LogP) is 3.30. The van der Waals surface area contributed by atoms with Gasteiger partial charge in [-0.1, -0.05) is 0 Å². The Hall–Kier alpha value is -0.620. The van der Waals surface area contributed by atoms with Gasteiger partial charge in [-0.2, -0.15) is 0 Å². The van der Waals surface area contributed by atoms with E-state index in [1.807, 2.05) is 0 Å². The first kappa shape index (κ1) is 11.5. The normalized spacial score (nSPS) is 10.7. The van der Waals surface area contributed by atoms with Crippen molar-refractivity contribution < 1.29 is 18.0 Å². The lowest BCUT2D eigenvalue weighted by molar-refractivity contribution is 0.107. The van der Waals surface area contributed by atoms with E-state index in [0.717, 1.165) is 0 Å². The quantitative estimate of drug-likeness (QED) is 0.782. The molecule has 0 aromatic carbocycles. The highest BCUT2D eigenvalue weighted by Gasteiger charge is 2.19. The average molecular weight is 288 g/mol. The maximum absolute atomic E-state index is 12.9. The van der Waals surface area contributed by atoms with Crippen LogP contribution >= 0.6 is 27.5 Å². The number of carbonyl (C=O) groups excluding carboxylic acids is 1. The highest BCUT2D eigenvalue weighted by molar-refractivity contribution is 9.10. The van der Waals surface area contributed by atoms with Crippen molar-refractivity contribution in [1.29, 1.82) is 0 Å². The zero-order chi connectivity index (χ0) is 10.9. The number of pyridine rings is 1. The van der Waals surface area contributed by atoms with Gasteiger partial charge in [-0.25, -0.2) is 18.2 Å². The molecule has 0 aliphatic carbocycles. The van der Waals surface area contributed by atoms with Crippen LogP contribution < -0.4 is 0 Å². The minimum absolute atomic E-state index is 0.318. The topological polar surface area (TPSA) is 30.0 Å². The molecule has 7 heteroatoms. The Morgan fingerprint density at radius 1 is 1.57 bits per heavy atom. The van der Waals surface area contributed by atoms with Gasteiger partial charge in [0.2, 0.25) is 0 Å². The van der Waals surface area contributed by atoms with Crippen molar-refractivity contribution in [2.45, 2.75) is 6.43 Å². The van der Waals surface area contributed by atoms with Crippen LogP contribution in [0.25, 0.3) is 0 Å². The summed E-state index contributed by atoms with van der Waals surface area (Å²) in [6, 6.07) is 0.540. The third kappa shape index (κ3) is 2.24. The van der Waals surface area contributed by atoms with E-state index in [2.05, 4.69) is 20.9 Å². The van der Waals surface area contributed by atoms with Gasteiger partial charge in [0.05, 0.1) is 4.47 Å². The Labute approximate surface area is 90.2 Å². The van der Waals surface area contributed by atoms with Crippen LogP contribution in [0.2, 0.25) is 0 Å². The lowest BCUT2D eigenvalue weighted by Crippen LogP contribution is -2.03. The molecule has 0 radical (unpaired) electrons. The van der Waals surface area contributed by atoms with Crippen LogP contribution in [0.5, 0.6) is 0 Å². The van der Waals surface area contributed by atoms with Crippen molar-refractivity contribution >= 4 is 32.8 Å². The second-order valence-electron chi connectivity index (χ2n) is 2.27. The molecule has 1 heterocycles. The van der Waals surface area contributed by atoms with Crippen LogP contribution in [0.1, 0.15) is 22.6 Å². The molecular weight excluding hydrogens is 286 g/mol. The summed E-state index contributed by atoms with van der Waals surface area (Å²) in [6.07, 6.45) is -2.95. The van der Waals surface area contributed by atoms with Crippen LogP contribution in [-0.4, -0.2) is 10.2 Å². The van der Waals surface area contributed by atoms with Gasteiger partial charge in [0, 0.05) is 6.07 Å². The number of hydrogen-bond donors (Lipinski definition) is 0. The second kappa shape index (κ2) is 4.27. The monoisotopic (exact) mass is 287 g/mol. The number of nitrogens with zero attached hydrogens (tertiary/aromatic N) is 1. The average Bonchev–Trinajstić information content (AvgIpc) is 2.08. The minimum Gasteiger partial charge on any atom is -0.274 e. The Bertz CT molecular complexity index is 385. The van der Waals surface area contributed by atoms with E-state index in [0.29, 0.717) is 6.07 Å². The summed E-state index contributed by atoms with van der Waals surface area (Å²) in [5.74, 6) is -1.00. The summed E-state index contributed by atoms with van der Waals surface area (Å²) in [7, 11) is 0. The fourth-order valence-electron chi connectivity index (χ4n) is 0.759. The minimum atomic E-state index is -2.95. The van der Waals surface area contributed by atoms with E-state index in [-0.39, 0.29) is 4.47 Å². The van der Waals surface area contributed by atoms with Gasteiger partial charge in [-0.3, -0.25) is 4.79 Å². The molecule has 0 saturated heterocycles. The van der Waals surface area contributed by atoms with E-state index in [4.69, 9.17) is 11.6 Å². The van der Waals surface area contributed by atoms with Gasteiger partial charge in [0.1, 0.15) is 17.2 Å². The molecular formula is C7H2BrClF3NO. The van der Waals surface area contributed by atoms with Gasteiger partial charge in [-0.15, -0.1) is 0 Å². The zero-order valence-corrected chi connectivity index (χ0v) is 8.74. The van der Waals surface area contributed by atoms with Gasteiger partial charge in [0.25, 0.3) is 11.7 Å². The summed E-state index contributed by atoms with van der Waals surface area (Å²) in [6.45, 7) is 0. The van der Waals surface area contributed by atoms with Crippen molar-refractivity contribution in [1.82, 2.24) is 4.98 Å². The lowest BCUT2D eigenvalue weighted by atomic mass is 10.3. The molecule has 0 unspecified atom stereocenters. The van der Waals surface area contributed by atoms with Gasteiger partial charge in [0.15, 0.2) is 0 Å². The molecule has 0 saturated carbocycles. The maximum atomic E-state index is 12.9. The number of aromatic nitrogens is 1. The van der Waals surface area contributed by atoms with Crippen molar-refractivity contribution in [3.63, 3.8) is 0 Å². The number of hydrogen-bond acceptors (Lipinski definition) is 2. The molecule has 0 amide bonds. The SMILES string of the molecule is O=C(Cl)c1nc(C(F)F)cc(F)c1Br. The molecule has 14 heavy (non-hydrogen) atoms. The first-order valence-electron chi connectivity index (χ1n) is 3.27. The van der Waals surface area contributed by atoms with E-state index < -0.39 is 28.9 Å². The standard InChI is InChI=1S/C7H2BrClF3NO/c8-4-2(10)1-3(7(11)12)13-5(4)6(9)14/h1,7H. The third-order valence-corrected chi connectivity index (χ3v) is 2.28. The molecule has 0 spiro atoms. The molecule has 0 bridgehead atoms. The van der Waals surface area contributed by atoms with Gasteiger partial charge < -0.3 is 0 Å². The summed E-state index contributed by atoms with van der Waals surface area (Å²) in [5.41, 5.74) is -1.38. The molecule has 1 aromatic rings. The molecule has 0 N–H and O–H groups in total. The van der Waals surface area contributed by atoms with Gasteiger partial charge >= 0.3 is 0 Å². The maximum Gasteiger partial charge on any atom is 0.280 e. The summed E-state index contributed by atoms with van der Waals surface area (Å²) < 4.78 is 36.9. The highest BCUT2D eigenvalue weighted by Crippen LogP contribution is 2.25. The summed E-state index contributed by atoms with van der Waals surface area (Å²) in [5, 5.41) is -1.10. The van der Waals surface area contributed by atoms with E-state index in [9.17, 15) is 18.0 Å². The summed E-state index contributed by atoms with van der Waals surface area (Å²) >= 11 is 7.69. The second-order valence-corrected chi connectivity index (χ2v) is 3.40. The van der Waals surface area contributed by atoms with Crippen LogP contribution in [-0.2, 0) is 0 Å². The summed E-state index contributed by atoms with van der Waals surface area (Å²) in [4.78, 5) is 13.9. The number of carbonyl (C=O) groups is 1. The van der Waals surface area contributed by atoms with Crippen molar-refractivity contribution in [3.05, 3.63) is 27.7 Å². The first-order chi connectivity index (χ1) is 6.43. The molecule has 0 aliphatic heterocycles. The molecule has 1 aromatic heterocycles. The number of alkyl halides is 2. The molecule has 1 rings (SSSR count). The highest BCUT2D eigenvalue weighted by atomic mass is 79.9. The predicted molar refractivity (Wildman–Crippen MR) is 47.0 cm³/mol. The molecule has 0 fully saturated rings. The van der Waals surface area contributed by atoms with Crippen LogP contribution in [0.3, 0.4) is 0 Å². The van der Waals surface area contributed by atoms with E-state index in [1.165, 1.54) is 0 Å². The van der Waals surface area contributed by atoms with Crippen LogP contribution in [0.4, 0.5) is 13.2 Å². The largest absolute Gasteiger partial charge is 0.280 e. The van der Waals surface area contributed by atoms with E-state index >= 15 is 0 Å². The van der Waals surface area contributed by atoms with Crippen molar-refractivity contribution in [2.75, 3.05) is 0 Å². The Balaban J connectivity index is 3.35. The van der Waals surface area contributed by atoms with E-state index in [1.54, 1.807) is 0 Å². The smallest absolute Gasteiger partial charge is 0.274 e. The van der Waals surface area contributed by atoms with Crippen molar-refractivity contribution in [2.24, 2.45) is 0 Å². The first-order valence-corrected chi connectivity index (χ1v) is 4.44. The zero-order valence-electron chi connectivity index (χ0n) is 6.40. The number of rotatable bonds is 2. The van der Waals surface area contributed by atoms with Crippen molar-refractivity contribution in [3.8, 4) is 0 Å². The molecule has 76 valence electrons. The molecule has 0 aliphatic rings. The molecule has 0 atom stereocenters. The fraction of sp³-hybridized carbons (Fsp3) is 0.143. The van der Waals surface area contributed by atoms with Crippen LogP contribution in [0, 0.1) is 5.82 Å². The Morgan fingerprint density at radius 2 is 2.14 bits per heavy atom. The third-order valence-electron chi connectivity index (χ3n) is 1.34. The Kier molecular flexibility index (Phi) is 3.49. The van der Waals surface area contributed by atoms with Crippen LogP contribution in [0.15, 0.2) is 10.5 Å².